The Morgan fingerprint density at radius 2 is 1.95 bits per heavy atom. The summed E-state index contributed by atoms with van der Waals surface area (Å²) in [7, 11) is 0. The molecule has 0 amide bonds. The molecule has 0 aliphatic carbocycles. The molecule has 0 aromatic heterocycles. The number of rotatable bonds is 4. The van der Waals surface area contributed by atoms with E-state index in [0.717, 1.165) is 51.6 Å². The molecular weight excluding hydrogens is 260 g/mol. The summed E-state index contributed by atoms with van der Waals surface area (Å²) in [4.78, 5) is 1.53. The fourth-order valence-corrected chi connectivity index (χ4v) is 3.15. The van der Waals surface area contributed by atoms with Crippen molar-refractivity contribution in [1.82, 2.24) is 0 Å². The molecule has 0 aromatic carbocycles. The molecule has 2 fully saturated rings. The second kappa shape index (κ2) is 7.14. The predicted octanol–water partition coefficient (Wildman–Crippen LogP) is 2.35. The SMILES string of the molecule is C=C(C(F)=CC(F)=CC)C1CC[NH+](C2CCOCC2)C1. The highest BCUT2D eigenvalue weighted by molar-refractivity contribution is 5.30. The molecule has 2 nitrogen and oxygen atoms in total. The monoisotopic (exact) mass is 284 g/mol. The molecule has 1 N–H and O–H groups in total. The topological polar surface area (TPSA) is 13.7 Å². The Kier molecular flexibility index (Phi) is 5.49. The van der Waals surface area contributed by atoms with E-state index in [9.17, 15) is 8.78 Å². The average molecular weight is 284 g/mol. The lowest BCUT2D eigenvalue weighted by Crippen LogP contribution is -3.14. The summed E-state index contributed by atoms with van der Waals surface area (Å²) >= 11 is 0. The number of hydrogen-bond acceptors (Lipinski definition) is 1. The van der Waals surface area contributed by atoms with E-state index in [1.165, 1.54) is 11.0 Å². The normalized spacial score (nSPS) is 29.8. The Labute approximate surface area is 119 Å². The molecule has 0 saturated carbocycles. The van der Waals surface area contributed by atoms with Crippen molar-refractivity contribution < 1.29 is 18.4 Å². The maximum atomic E-state index is 13.9. The number of halogens is 2. The van der Waals surface area contributed by atoms with Crippen molar-refractivity contribution in [3.05, 3.63) is 36.0 Å². The number of allylic oxidation sites excluding steroid dienone is 4. The number of nitrogens with one attached hydrogen (secondary N) is 1. The van der Waals surface area contributed by atoms with Crippen LogP contribution in [0.3, 0.4) is 0 Å². The van der Waals surface area contributed by atoms with Crippen LogP contribution in [-0.2, 0) is 4.74 Å². The molecule has 2 aliphatic heterocycles. The minimum atomic E-state index is -0.546. The third kappa shape index (κ3) is 3.76. The van der Waals surface area contributed by atoms with Gasteiger partial charge in [0.2, 0.25) is 0 Å². The first-order chi connectivity index (χ1) is 9.61. The molecular formula is C16H24F2NO+. The van der Waals surface area contributed by atoms with E-state index in [1.54, 1.807) is 6.92 Å². The van der Waals surface area contributed by atoms with Gasteiger partial charge in [-0.25, -0.2) is 8.78 Å². The van der Waals surface area contributed by atoms with Crippen LogP contribution >= 0.6 is 0 Å². The zero-order chi connectivity index (χ0) is 14.5. The van der Waals surface area contributed by atoms with Crippen molar-refractivity contribution in [2.45, 2.75) is 32.2 Å². The Bertz CT molecular complexity index is 411. The third-order valence-electron chi connectivity index (χ3n) is 4.46. The largest absolute Gasteiger partial charge is 0.381 e. The Morgan fingerprint density at radius 3 is 2.60 bits per heavy atom. The van der Waals surface area contributed by atoms with E-state index in [4.69, 9.17) is 4.74 Å². The summed E-state index contributed by atoms with van der Waals surface area (Å²) < 4.78 is 32.4. The second-order valence-electron chi connectivity index (χ2n) is 5.68. The first-order valence-corrected chi connectivity index (χ1v) is 7.42. The Hall–Kier alpha value is -1.00. The van der Waals surface area contributed by atoms with Gasteiger partial charge in [-0.05, 0) is 12.5 Å². The van der Waals surface area contributed by atoms with Gasteiger partial charge in [0, 0.05) is 31.3 Å². The van der Waals surface area contributed by atoms with Gasteiger partial charge in [-0.1, -0.05) is 12.7 Å². The smallest absolute Gasteiger partial charge is 0.129 e. The molecule has 0 bridgehead atoms. The van der Waals surface area contributed by atoms with Crippen LogP contribution < -0.4 is 4.90 Å². The van der Waals surface area contributed by atoms with E-state index < -0.39 is 11.7 Å². The average Bonchev–Trinajstić information content (AvgIpc) is 2.97. The molecule has 2 rings (SSSR count). The molecule has 0 radical (unpaired) electrons. The van der Waals surface area contributed by atoms with E-state index in [-0.39, 0.29) is 5.92 Å². The van der Waals surface area contributed by atoms with Crippen LogP contribution in [0.5, 0.6) is 0 Å². The lowest BCUT2D eigenvalue weighted by molar-refractivity contribution is -0.916. The van der Waals surface area contributed by atoms with Crippen molar-refractivity contribution in [2.24, 2.45) is 5.92 Å². The zero-order valence-electron chi connectivity index (χ0n) is 12.1. The number of ether oxygens (including phenoxy) is 1. The zero-order valence-corrected chi connectivity index (χ0v) is 12.1. The van der Waals surface area contributed by atoms with Gasteiger partial charge in [0.25, 0.3) is 0 Å². The van der Waals surface area contributed by atoms with Crippen LogP contribution in [0.2, 0.25) is 0 Å². The summed E-state index contributed by atoms with van der Waals surface area (Å²) in [6, 6.07) is 0.626. The minimum absolute atomic E-state index is 0.133. The van der Waals surface area contributed by atoms with Gasteiger partial charge in [-0.15, -0.1) is 0 Å². The van der Waals surface area contributed by atoms with Gasteiger partial charge in [0.1, 0.15) is 11.7 Å². The highest BCUT2D eigenvalue weighted by Gasteiger charge is 2.35. The molecule has 0 aromatic rings. The lowest BCUT2D eigenvalue weighted by Gasteiger charge is -2.28. The summed E-state index contributed by atoms with van der Waals surface area (Å²) in [5.74, 6) is -0.928. The predicted molar refractivity (Wildman–Crippen MR) is 75.8 cm³/mol. The van der Waals surface area contributed by atoms with Gasteiger partial charge in [-0.2, -0.15) is 0 Å². The first-order valence-electron chi connectivity index (χ1n) is 7.42. The fourth-order valence-electron chi connectivity index (χ4n) is 3.15. The minimum Gasteiger partial charge on any atom is -0.381 e. The number of quaternary nitrogens is 1. The summed E-state index contributed by atoms with van der Waals surface area (Å²) in [5, 5.41) is 0. The van der Waals surface area contributed by atoms with Crippen LogP contribution in [0.1, 0.15) is 26.2 Å². The van der Waals surface area contributed by atoms with Crippen molar-refractivity contribution in [3.63, 3.8) is 0 Å². The third-order valence-corrected chi connectivity index (χ3v) is 4.46. The molecule has 2 unspecified atom stereocenters. The van der Waals surface area contributed by atoms with E-state index in [1.807, 2.05) is 0 Å². The lowest BCUT2D eigenvalue weighted by atomic mass is 9.98. The van der Waals surface area contributed by atoms with Crippen LogP contribution in [0.4, 0.5) is 8.78 Å². The molecule has 20 heavy (non-hydrogen) atoms. The maximum absolute atomic E-state index is 13.9. The van der Waals surface area contributed by atoms with Gasteiger partial charge < -0.3 is 9.64 Å². The van der Waals surface area contributed by atoms with Crippen LogP contribution in [-0.4, -0.2) is 32.3 Å². The van der Waals surface area contributed by atoms with Crippen molar-refractivity contribution >= 4 is 0 Å². The Balaban J connectivity index is 1.91. The quantitative estimate of drug-likeness (QED) is 0.782. The van der Waals surface area contributed by atoms with Crippen LogP contribution in [0.15, 0.2) is 36.0 Å². The number of likely N-dealkylation sites (tertiary alicyclic amines) is 1. The molecule has 0 spiro atoms. The highest BCUT2D eigenvalue weighted by Crippen LogP contribution is 2.25. The van der Waals surface area contributed by atoms with E-state index >= 15 is 0 Å². The summed E-state index contributed by atoms with van der Waals surface area (Å²) in [5.41, 5.74) is 0.448. The first kappa shape index (κ1) is 15.4. The van der Waals surface area contributed by atoms with Gasteiger partial charge in [0.15, 0.2) is 0 Å². The van der Waals surface area contributed by atoms with Crippen molar-refractivity contribution in [2.75, 3.05) is 26.3 Å². The van der Waals surface area contributed by atoms with E-state index in [0.29, 0.717) is 11.6 Å². The van der Waals surface area contributed by atoms with Crippen LogP contribution in [0, 0.1) is 5.92 Å². The van der Waals surface area contributed by atoms with E-state index in [2.05, 4.69) is 6.58 Å². The molecule has 112 valence electrons. The molecule has 2 heterocycles. The van der Waals surface area contributed by atoms with Crippen molar-refractivity contribution in [3.8, 4) is 0 Å². The van der Waals surface area contributed by atoms with Crippen LogP contribution in [0.25, 0.3) is 0 Å². The molecule has 2 atom stereocenters. The summed E-state index contributed by atoms with van der Waals surface area (Å²) in [6.07, 6.45) is 5.29. The molecule has 2 saturated heterocycles. The second-order valence-corrected chi connectivity index (χ2v) is 5.68. The molecule has 4 heteroatoms. The summed E-state index contributed by atoms with van der Waals surface area (Å²) in [6.45, 7) is 9.00. The van der Waals surface area contributed by atoms with Gasteiger partial charge >= 0.3 is 0 Å². The fraction of sp³-hybridized carbons (Fsp3) is 0.625. The standard InChI is InChI=1S/C16H23F2NO/c1-3-14(17)10-16(18)12(2)13-4-7-19(11-13)15-5-8-20-9-6-15/h3,10,13,15H,2,4-9,11H2,1H3/p+1. The highest BCUT2D eigenvalue weighted by atomic mass is 19.1. The molecule has 2 aliphatic rings. The maximum Gasteiger partial charge on any atom is 0.129 e. The Morgan fingerprint density at radius 1 is 1.25 bits per heavy atom. The van der Waals surface area contributed by atoms with Gasteiger partial charge in [0.05, 0.1) is 32.3 Å². The van der Waals surface area contributed by atoms with Gasteiger partial charge in [-0.3, -0.25) is 0 Å². The van der Waals surface area contributed by atoms with Crippen molar-refractivity contribution in [1.29, 1.82) is 0 Å². The number of hydrogen-bond donors (Lipinski definition) is 1.